The summed E-state index contributed by atoms with van der Waals surface area (Å²) in [7, 11) is -3.43. The Balaban J connectivity index is 1.37. The van der Waals surface area contributed by atoms with Crippen molar-refractivity contribution in [2.75, 3.05) is 47.5 Å². The predicted molar refractivity (Wildman–Crippen MR) is 133 cm³/mol. The molecule has 3 aromatic heterocycles. The van der Waals surface area contributed by atoms with E-state index in [2.05, 4.69) is 30.1 Å². The van der Waals surface area contributed by atoms with E-state index in [9.17, 15) is 8.42 Å². The topological polar surface area (TPSA) is 131 Å². The number of sulfonamides is 1. The highest BCUT2D eigenvalue weighted by Gasteiger charge is 2.25. The molecule has 0 atom stereocenters. The van der Waals surface area contributed by atoms with Crippen LogP contribution >= 0.6 is 0 Å². The number of hydrogen-bond donors (Lipinski definition) is 2. The molecule has 1 aliphatic carbocycles. The van der Waals surface area contributed by atoms with Gasteiger partial charge in [-0.15, -0.1) is 5.10 Å². The Bertz CT molecular complexity index is 1260. The van der Waals surface area contributed by atoms with Gasteiger partial charge in [-0.3, -0.25) is 9.71 Å². The summed E-state index contributed by atoms with van der Waals surface area (Å²) in [4.78, 5) is 11.5. The summed E-state index contributed by atoms with van der Waals surface area (Å²) in [6.07, 6.45) is 7.86. The third-order valence-corrected chi connectivity index (χ3v) is 6.75. The Morgan fingerprint density at radius 1 is 1.14 bits per heavy atom. The van der Waals surface area contributed by atoms with Crippen LogP contribution in [0.2, 0.25) is 0 Å². The largest absolute Gasteiger partial charge is 0.474 e. The molecule has 2 N–H and O–H groups in total. The van der Waals surface area contributed by atoms with Crippen LogP contribution < -0.4 is 19.7 Å². The number of nitrogens with zero attached hydrogens (tertiary/aromatic N) is 5. The maximum Gasteiger partial charge on any atom is 0.229 e. The first-order chi connectivity index (χ1) is 16.9. The number of anilines is 3. The number of ether oxygens (including phenoxy) is 2. The molecule has 1 aliphatic heterocycles. The molecule has 0 amide bonds. The second kappa shape index (κ2) is 10.2. The van der Waals surface area contributed by atoms with Gasteiger partial charge in [0.25, 0.3) is 0 Å². The fourth-order valence-electron chi connectivity index (χ4n) is 4.47. The quantitative estimate of drug-likeness (QED) is 0.499. The van der Waals surface area contributed by atoms with Gasteiger partial charge < -0.3 is 19.7 Å². The predicted octanol–water partition coefficient (Wildman–Crippen LogP) is 2.43. The lowest BCUT2D eigenvalue weighted by Crippen LogP contribution is -2.37. The van der Waals surface area contributed by atoms with Gasteiger partial charge in [0, 0.05) is 31.4 Å². The average molecular weight is 500 g/mol. The van der Waals surface area contributed by atoms with Crippen LogP contribution in [0, 0.1) is 0 Å². The van der Waals surface area contributed by atoms with E-state index in [1.54, 1.807) is 12.3 Å². The van der Waals surface area contributed by atoms with Gasteiger partial charge in [-0.2, -0.15) is 10.1 Å². The summed E-state index contributed by atoms with van der Waals surface area (Å²) in [5.41, 5.74) is 1.08. The van der Waals surface area contributed by atoms with Gasteiger partial charge in [0.1, 0.15) is 17.7 Å². The number of pyridine rings is 2. The van der Waals surface area contributed by atoms with Crippen molar-refractivity contribution in [2.24, 2.45) is 0 Å². The monoisotopic (exact) mass is 499 g/mol. The van der Waals surface area contributed by atoms with Crippen molar-refractivity contribution < 1.29 is 17.9 Å². The zero-order valence-corrected chi connectivity index (χ0v) is 20.4. The van der Waals surface area contributed by atoms with Crippen molar-refractivity contribution in [1.82, 2.24) is 20.2 Å². The zero-order valence-electron chi connectivity index (χ0n) is 19.6. The normalized spacial score (nSPS) is 21.0. The number of rotatable bonds is 7. The first kappa shape index (κ1) is 23.5. The van der Waals surface area contributed by atoms with Crippen molar-refractivity contribution in [2.45, 2.75) is 37.8 Å². The molecule has 0 spiro atoms. The molecule has 5 rings (SSSR count). The maximum absolute atomic E-state index is 11.7. The minimum atomic E-state index is -3.43. The molecule has 2 fully saturated rings. The Morgan fingerprint density at radius 3 is 2.66 bits per heavy atom. The second-order valence-corrected chi connectivity index (χ2v) is 10.6. The SMILES string of the molecule is CS(=O)(=O)Nc1cnc2cc(N3CCOCC3)nc(OC3CCC(Nc4cccnn4)CC3)c2c1. The van der Waals surface area contributed by atoms with E-state index in [1.165, 1.54) is 6.20 Å². The smallest absolute Gasteiger partial charge is 0.229 e. The van der Waals surface area contributed by atoms with Crippen LogP contribution in [0.1, 0.15) is 25.7 Å². The number of morpholine rings is 1. The van der Waals surface area contributed by atoms with Gasteiger partial charge in [-0.25, -0.2) is 8.42 Å². The summed E-state index contributed by atoms with van der Waals surface area (Å²) in [5.74, 6) is 2.03. The highest BCUT2D eigenvalue weighted by molar-refractivity contribution is 7.92. The molecular weight excluding hydrogens is 470 g/mol. The summed E-state index contributed by atoms with van der Waals surface area (Å²) < 4.78 is 37.9. The van der Waals surface area contributed by atoms with Crippen LogP contribution in [0.3, 0.4) is 0 Å². The number of hydrogen-bond acceptors (Lipinski definition) is 10. The zero-order chi connectivity index (χ0) is 24.3. The van der Waals surface area contributed by atoms with Crippen molar-refractivity contribution in [3.8, 4) is 5.88 Å². The van der Waals surface area contributed by atoms with E-state index >= 15 is 0 Å². The molecule has 0 radical (unpaired) electrons. The molecule has 4 heterocycles. The lowest BCUT2D eigenvalue weighted by atomic mass is 9.93. The van der Waals surface area contributed by atoms with Crippen LogP contribution in [0.15, 0.2) is 36.7 Å². The number of fused-ring (bicyclic) bond motifs is 1. The van der Waals surface area contributed by atoms with E-state index in [0.717, 1.165) is 56.7 Å². The first-order valence-corrected chi connectivity index (χ1v) is 13.6. The van der Waals surface area contributed by atoms with Crippen LogP contribution in [0.25, 0.3) is 10.9 Å². The Hall–Kier alpha value is -3.25. The summed E-state index contributed by atoms with van der Waals surface area (Å²) in [6, 6.07) is 7.74. The van der Waals surface area contributed by atoms with Gasteiger partial charge in [0.05, 0.1) is 42.3 Å². The fourth-order valence-corrected chi connectivity index (χ4v) is 5.00. The molecule has 0 aromatic carbocycles. The lowest BCUT2D eigenvalue weighted by molar-refractivity contribution is 0.122. The highest BCUT2D eigenvalue weighted by atomic mass is 32.2. The van der Waals surface area contributed by atoms with E-state index in [0.29, 0.717) is 41.7 Å². The van der Waals surface area contributed by atoms with Crippen molar-refractivity contribution >= 4 is 38.2 Å². The van der Waals surface area contributed by atoms with E-state index < -0.39 is 10.0 Å². The van der Waals surface area contributed by atoms with Crippen LogP contribution in [0.5, 0.6) is 5.88 Å². The molecule has 3 aromatic rings. The number of nitrogens with one attached hydrogen (secondary N) is 2. The lowest BCUT2D eigenvalue weighted by Gasteiger charge is -2.31. The van der Waals surface area contributed by atoms with Gasteiger partial charge >= 0.3 is 0 Å². The summed E-state index contributed by atoms with van der Waals surface area (Å²) >= 11 is 0. The average Bonchev–Trinajstić information content (AvgIpc) is 2.85. The molecule has 0 bridgehead atoms. The van der Waals surface area contributed by atoms with Crippen LogP contribution in [-0.2, 0) is 14.8 Å². The highest BCUT2D eigenvalue weighted by Crippen LogP contribution is 2.33. The molecule has 11 nitrogen and oxygen atoms in total. The Kier molecular flexibility index (Phi) is 6.82. The molecule has 35 heavy (non-hydrogen) atoms. The molecule has 0 unspecified atom stereocenters. The standard InChI is InChI=1S/C23H29N7O4S/c1-35(31,32)29-17-13-19-20(24-15-17)14-22(30-9-11-33-12-10-30)27-23(19)34-18-6-4-16(5-7-18)26-21-3-2-8-25-28-21/h2-3,8,13-16,18,29H,4-7,9-12H2,1H3,(H,26,28). The fraction of sp³-hybridized carbons (Fsp3) is 0.478. The number of aromatic nitrogens is 4. The van der Waals surface area contributed by atoms with Crippen molar-refractivity contribution in [3.05, 3.63) is 36.7 Å². The minimum Gasteiger partial charge on any atom is -0.474 e. The van der Waals surface area contributed by atoms with Gasteiger partial charge in [0.2, 0.25) is 15.9 Å². The molecule has 1 saturated carbocycles. The van der Waals surface area contributed by atoms with Crippen LogP contribution in [0.4, 0.5) is 17.3 Å². The third-order valence-electron chi connectivity index (χ3n) is 6.15. The third kappa shape index (κ3) is 6.06. The minimum absolute atomic E-state index is 0.00271. The van der Waals surface area contributed by atoms with Crippen molar-refractivity contribution in [3.63, 3.8) is 0 Å². The molecule has 1 saturated heterocycles. The van der Waals surface area contributed by atoms with Crippen molar-refractivity contribution in [1.29, 1.82) is 0 Å². The van der Waals surface area contributed by atoms with Crippen LogP contribution in [-0.4, -0.2) is 73.3 Å². The van der Waals surface area contributed by atoms with E-state index in [4.69, 9.17) is 14.5 Å². The molecule has 12 heteroatoms. The molecular formula is C23H29N7O4S. The Morgan fingerprint density at radius 2 is 1.94 bits per heavy atom. The van der Waals surface area contributed by atoms with Gasteiger partial charge in [-0.05, 0) is 43.9 Å². The van der Waals surface area contributed by atoms with E-state index in [1.807, 2.05) is 18.2 Å². The maximum atomic E-state index is 11.7. The van der Waals surface area contributed by atoms with Gasteiger partial charge in [0.15, 0.2) is 0 Å². The summed E-state index contributed by atoms with van der Waals surface area (Å²) in [5, 5.41) is 12.1. The molecule has 186 valence electrons. The second-order valence-electron chi connectivity index (χ2n) is 8.89. The van der Waals surface area contributed by atoms with E-state index in [-0.39, 0.29) is 6.10 Å². The van der Waals surface area contributed by atoms with Gasteiger partial charge in [-0.1, -0.05) is 0 Å². The Labute approximate surface area is 204 Å². The molecule has 2 aliphatic rings. The summed E-state index contributed by atoms with van der Waals surface area (Å²) in [6.45, 7) is 2.77. The first-order valence-electron chi connectivity index (χ1n) is 11.8.